The highest BCUT2D eigenvalue weighted by Gasteiger charge is 2.48. The van der Waals surface area contributed by atoms with Crippen molar-refractivity contribution in [3.63, 3.8) is 0 Å². The van der Waals surface area contributed by atoms with E-state index in [0.717, 1.165) is 21.6 Å². The van der Waals surface area contributed by atoms with Gasteiger partial charge in [-0.3, -0.25) is 9.59 Å². The molecular formula is C42H47NO11. The molecule has 0 radical (unpaired) electrons. The summed E-state index contributed by atoms with van der Waals surface area (Å²) in [6.07, 6.45) is -0.0884. The van der Waals surface area contributed by atoms with Crippen LogP contribution < -0.4 is 0 Å². The molecule has 3 aliphatic heterocycles. The average Bonchev–Trinajstić information content (AvgIpc) is 3.57. The number of ketones is 1. The van der Waals surface area contributed by atoms with Crippen molar-refractivity contribution in [2.45, 2.75) is 75.8 Å². The van der Waals surface area contributed by atoms with Gasteiger partial charge in [0.15, 0.2) is 18.2 Å². The number of rotatable bonds is 16. The largest absolute Gasteiger partial charge is 0.482 e. The monoisotopic (exact) mass is 741 g/mol. The van der Waals surface area contributed by atoms with Crippen LogP contribution >= 0.6 is 0 Å². The van der Waals surface area contributed by atoms with E-state index < -0.39 is 60.8 Å². The van der Waals surface area contributed by atoms with Crippen LogP contribution in [0.2, 0.25) is 0 Å². The molecule has 0 saturated carbocycles. The van der Waals surface area contributed by atoms with Crippen LogP contribution in [-0.2, 0) is 62.4 Å². The van der Waals surface area contributed by atoms with Crippen molar-refractivity contribution in [2.75, 3.05) is 26.9 Å². The van der Waals surface area contributed by atoms with Crippen molar-refractivity contribution in [2.24, 2.45) is 5.92 Å². The van der Waals surface area contributed by atoms with Crippen LogP contribution in [-0.4, -0.2) is 97.6 Å². The summed E-state index contributed by atoms with van der Waals surface area (Å²) in [6, 6.07) is 28.4. The Labute approximate surface area is 315 Å². The Kier molecular flexibility index (Phi) is 13.8. The third-order valence-corrected chi connectivity index (χ3v) is 9.66. The van der Waals surface area contributed by atoms with E-state index in [4.69, 9.17) is 33.2 Å². The van der Waals surface area contributed by atoms with Crippen LogP contribution in [0.15, 0.2) is 115 Å². The van der Waals surface area contributed by atoms with Gasteiger partial charge < -0.3 is 38.3 Å². The molecule has 2 saturated heterocycles. The van der Waals surface area contributed by atoms with E-state index in [1.54, 1.807) is 19.1 Å². The molecule has 54 heavy (non-hydrogen) atoms. The fourth-order valence-corrected chi connectivity index (χ4v) is 6.80. The number of cyclic esters (lactones) is 1. The summed E-state index contributed by atoms with van der Waals surface area (Å²) < 4.78 is 42.3. The lowest BCUT2D eigenvalue weighted by atomic mass is 9.96. The van der Waals surface area contributed by atoms with E-state index in [9.17, 15) is 19.5 Å². The maximum Gasteiger partial charge on any atom is 0.416 e. The number of methoxy groups -OCH3 is 1. The molecule has 3 aromatic carbocycles. The number of imide groups is 1. The van der Waals surface area contributed by atoms with Crippen molar-refractivity contribution in [1.29, 1.82) is 0 Å². The van der Waals surface area contributed by atoms with Gasteiger partial charge in [0.2, 0.25) is 5.91 Å². The topological polar surface area (TPSA) is 139 Å². The summed E-state index contributed by atoms with van der Waals surface area (Å²) in [6.45, 7) is 2.05. The van der Waals surface area contributed by atoms with Crippen LogP contribution in [0.5, 0.6) is 0 Å². The summed E-state index contributed by atoms with van der Waals surface area (Å²) in [5, 5.41) is 10.3. The number of amides is 2. The highest BCUT2D eigenvalue weighted by molar-refractivity contribution is 6.01. The Hall–Kier alpha value is -4.69. The van der Waals surface area contributed by atoms with Gasteiger partial charge in [-0.25, -0.2) is 9.69 Å². The van der Waals surface area contributed by atoms with E-state index in [0.29, 0.717) is 18.6 Å². The number of allylic oxidation sites excluding steroid dienone is 1. The summed E-state index contributed by atoms with van der Waals surface area (Å²) in [4.78, 5) is 40.4. The van der Waals surface area contributed by atoms with E-state index in [1.165, 1.54) is 13.2 Å². The molecule has 8 atom stereocenters. The standard InChI is InChI=1S/C42H47NO11/c1-28(40(46)43-32(27-52-42(43)47)23-29-13-6-3-7-14-29)36-34(45)21-20-33(53-36)19-12-22-49-39-38(51-26-31-17-10-5-11-18-31)37(35(24-44)54-41(39)48-2)50-25-30-15-8-4-9-16-30/h3-11,13-21,28,32,35-39,41,44H,12,22-27H2,1-2H3. The number of hydrogen-bond acceptors (Lipinski definition) is 11. The Balaban J connectivity index is 1.11. The van der Waals surface area contributed by atoms with E-state index in [2.05, 4.69) is 0 Å². The molecule has 6 rings (SSSR count). The molecule has 3 heterocycles. The quantitative estimate of drug-likeness (QED) is 0.200. The number of carbonyl (C=O) groups excluding carboxylic acids is 3. The zero-order valence-electron chi connectivity index (χ0n) is 30.4. The number of nitrogens with zero attached hydrogens (tertiary/aromatic N) is 1. The molecule has 1 N–H and O–H groups in total. The van der Waals surface area contributed by atoms with Crippen LogP contribution in [0.1, 0.15) is 30.0 Å². The van der Waals surface area contributed by atoms with Crippen LogP contribution in [0.4, 0.5) is 4.79 Å². The van der Waals surface area contributed by atoms with Gasteiger partial charge in [-0.15, -0.1) is 0 Å². The normalized spacial score (nSPS) is 26.8. The number of carbonyl (C=O) groups is 3. The second kappa shape index (κ2) is 19.1. The van der Waals surface area contributed by atoms with E-state index in [1.807, 2.05) is 91.0 Å². The predicted octanol–water partition coefficient (Wildman–Crippen LogP) is 4.93. The zero-order chi connectivity index (χ0) is 37.9. The fourth-order valence-electron chi connectivity index (χ4n) is 6.80. The Morgan fingerprint density at radius 2 is 1.46 bits per heavy atom. The van der Waals surface area contributed by atoms with Gasteiger partial charge in [-0.2, -0.15) is 0 Å². The van der Waals surface area contributed by atoms with Gasteiger partial charge in [0, 0.05) is 7.11 Å². The molecule has 0 aliphatic carbocycles. The molecule has 0 aromatic heterocycles. The number of hydrogen-bond donors (Lipinski definition) is 1. The van der Waals surface area contributed by atoms with Crippen molar-refractivity contribution in [3.8, 4) is 0 Å². The Bertz CT molecular complexity index is 1730. The molecule has 12 heteroatoms. The van der Waals surface area contributed by atoms with Crippen molar-refractivity contribution in [1.82, 2.24) is 4.90 Å². The summed E-state index contributed by atoms with van der Waals surface area (Å²) in [5.74, 6) is -1.48. The zero-order valence-corrected chi connectivity index (χ0v) is 30.4. The molecule has 2 fully saturated rings. The highest BCUT2D eigenvalue weighted by atomic mass is 16.7. The van der Waals surface area contributed by atoms with Gasteiger partial charge in [-0.1, -0.05) is 91.0 Å². The first-order chi connectivity index (χ1) is 26.4. The Morgan fingerprint density at radius 1 is 0.852 bits per heavy atom. The first-order valence-electron chi connectivity index (χ1n) is 18.2. The fraction of sp³-hybridized carbons (Fsp3) is 0.405. The smallest absolute Gasteiger partial charge is 0.416 e. The predicted molar refractivity (Wildman–Crippen MR) is 196 cm³/mol. The molecule has 286 valence electrons. The van der Waals surface area contributed by atoms with E-state index in [-0.39, 0.29) is 38.8 Å². The van der Waals surface area contributed by atoms with Crippen molar-refractivity contribution in [3.05, 3.63) is 132 Å². The van der Waals surface area contributed by atoms with Gasteiger partial charge >= 0.3 is 6.09 Å². The molecule has 12 nitrogen and oxygen atoms in total. The molecule has 2 amide bonds. The minimum atomic E-state index is -1.13. The molecule has 3 aliphatic rings. The second-order valence-corrected chi connectivity index (χ2v) is 13.4. The lowest BCUT2D eigenvalue weighted by Crippen LogP contribution is -2.61. The number of aliphatic hydroxyl groups excluding tert-OH is 1. The first-order valence-corrected chi connectivity index (χ1v) is 18.2. The van der Waals surface area contributed by atoms with Crippen LogP contribution in [0.3, 0.4) is 0 Å². The SMILES string of the molecule is COC1OC(CO)C(OCc2ccccc2)C(OCc2ccccc2)C1OCCC=C1C=CC(=O)C(C(C)C(=O)N2C(=O)OCC2Cc2ccccc2)O1. The minimum absolute atomic E-state index is 0.0748. The molecule has 0 spiro atoms. The lowest BCUT2D eigenvalue weighted by molar-refractivity contribution is -0.319. The molecule has 0 bridgehead atoms. The number of aliphatic hydroxyl groups is 1. The van der Waals surface area contributed by atoms with E-state index >= 15 is 0 Å². The minimum Gasteiger partial charge on any atom is -0.482 e. The maximum atomic E-state index is 13.6. The summed E-state index contributed by atoms with van der Waals surface area (Å²) in [7, 11) is 1.50. The van der Waals surface area contributed by atoms with Crippen molar-refractivity contribution >= 4 is 17.8 Å². The van der Waals surface area contributed by atoms with Crippen molar-refractivity contribution < 1.29 is 52.6 Å². The first kappa shape index (κ1) is 39.0. The average molecular weight is 742 g/mol. The second-order valence-electron chi connectivity index (χ2n) is 13.4. The van der Waals surface area contributed by atoms with Crippen LogP contribution in [0, 0.1) is 5.92 Å². The summed E-state index contributed by atoms with van der Waals surface area (Å²) in [5.41, 5.74) is 2.87. The lowest BCUT2D eigenvalue weighted by Gasteiger charge is -2.45. The van der Waals surface area contributed by atoms with Crippen LogP contribution in [0.25, 0.3) is 0 Å². The molecule has 3 aromatic rings. The van der Waals surface area contributed by atoms with Gasteiger partial charge in [0.1, 0.15) is 36.8 Å². The summed E-state index contributed by atoms with van der Waals surface area (Å²) >= 11 is 0. The highest BCUT2D eigenvalue weighted by Crippen LogP contribution is 2.31. The number of ether oxygens (including phenoxy) is 7. The Morgan fingerprint density at radius 3 is 2.07 bits per heavy atom. The maximum absolute atomic E-state index is 13.6. The third kappa shape index (κ3) is 9.69. The van der Waals surface area contributed by atoms with Gasteiger partial charge in [-0.05, 0) is 54.7 Å². The number of benzene rings is 3. The molecule has 8 unspecified atom stereocenters. The third-order valence-electron chi connectivity index (χ3n) is 9.66. The molecular weight excluding hydrogens is 694 g/mol. The van der Waals surface area contributed by atoms with Gasteiger partial charge in [0.25, 0.3) is 0 Å². The van der Waals surface area contributed by atoms with Gasteiger partial charge in [0.05, 0.1) is 38.4 Å².